The fourth-order valence-electron chi connectivity index (χ4n) is 4.41. The lowest BCUT2D eigenvalue weighted by Gasteiger charge is -2.29. The van der Waals surface area contributed by atoms with Crippen molar-refractivity contribution in [1.29, 1.82) is 0 Å². The first-order valence-corrected chi connectivity index (χ1v) is 11.0. The number of hydrogen-bond acceptors (Lipinski definition) is 7. The third-order valence-electron chi connectivity index (χ3n) is 6.06. The van der Waals surface area contributed by atoms with E-state index in [1.54, 1.807) is 18.6 Å². The minimum atomic E-state index is -0.0987. The van der Waals surface area contributed by atoms with Crippen molar-refractivity contribution in [3.63, 3.8) is 0 Å². The quantitative estimate of drug-likeness (QED) is 0.680. The number of fused-ring (bicyclic) bond motifs is 1. The molecule has 0 bridgehead atoms. The van der Waals surface area contributed by atoms with E-state index in [-0.39, 0.29) is 11.7 Å². The molecule has 0 aromatic carbocycles. The predicted octanol–water partition coefficient (Wildman–Crippen LogP) is 2.89. The summed E-state index contributed by atoms with van der Waals surface area (Å²) in [4.78, 5) is 35.1. The van der Waals surface area contributed by atoms with Gasteiger partial charge in [-0.2, -0.15) is 0 Å². The molecule has 31 heavy (non-hydrogen) atoms. The Hall–Kier alpha value is -3.13. The lowest BCUT2D eigenvalue weighted by atomic mass is 9.98. The summed E-state index contributed by atoms with van der Waals surface area (Å²) in [6.45, 7) is 2.08. The van der Waals surface area contributed by atoms with Gasteiger partial charge >= 0.3 is 0 Å². The van der Waals surface area contributed by atoms with Crippen molar-refractivity contribution >= 4 is 0 Å². The van der Waals surface area contributed by atoms with Gasteiger partial charge in [0.2, 0.25) is 5.88 Å². The molecule has 1 fully saturated rings. The summed E-state index contributed by atoms with van der Waals surface area (Å²) in [5.74, 6) is 1.25. The topological polar surface area (TPSA) is 96.9 Å². The number of hydrogen-bond donors (Lipinski definition) is 1. The van der Waals surface area contributed by atoms with Gasteiger partial charge in [0.15, 0.2) is 0 Å². The first-order valence-electron chi connectivity index (χ1n) is 11.0. The minimum Gasteiger partial charge on any atom is -0.474 e. The molecule has 3 aromatic heterocycles. The van der Waals surface area contributed by atoms with Gasteiger partial charge < -0.3 is 9.72 Å². The molecular formula is C23H26N6O2. The zero-order chi connectivity index (χ0) is 21.0. The summed E-state index contributed by atoms with van der Waals surface area (Å²) < 4.78 is 6.26. The van der Waals surface area contributed by atoms with E-state index >= 15 is 0 Å². The number of nitrogens with one attached hydrogen (secondary N) is 1. The number of H-pyrrole nitrogens is 1. The van der Waals surface area contributed by atoms with Crippen LogP contribution in [-0.4, -0.2) is 42.5 Å². The smallest absolute Gasteiger partial charge is 0.255 e. The van der Waals surface area contributed by atoms with Crippen LogP contribution in [0.25, 0.3) is 11.4 Å². The van der Waals surface area contributed by atoms with E-state index in [2.05, 4.69) is 35.9 Å². The minimum absolute atomic E-state index is 0.0987. The van der Waals surface area contributed by atoms with Gasteiger partial charge in [-0.1, -0.05) is 12.5 Å². The lowest BCUT2D eigenvalue weighted by Crippen LogP contribution is -2.35. The van der Waals surface area contributed by atoms with Crippen LogP contribution in [0.3, 0.4) is 0 Å². The summed E-state index contributed by atoms with van der Waals surface area (Å²) in [6.07, 6.45) is 13.5. The van der Waals surface area contributed by atoms with Gasteiger partial charge in [-0.25, -0.2) is 19.9 Å². The SMILES string of the molecule is O=c1[nH]c(-c2cncnc2)nc2c1CN(Cc1cccnc1OC1CCCCC1)CC2. The molecular weight excluding hydrogens is 392 g/mol. The number of aromatic nitrogens is 5. The molecule has 1 N–H and O–H groups in total. The van der Waals surface area contributed by atoms with E-state index < -0.39 is 0 Å². The molecule has 2 aliphatic rings. The first-order chi connectivity index (χ1) is 15.3. The molecule has 0 atom stereocenters. The van der Waals surface area contributed by atoms with E-state index in [0.717, 1.165) is 48.5 Å². The Labute approximate surface area is 180 Å². The predicted molar refractivity (Wildman–Crippen MR) is 115 cm³/mol. The molecule has 0 unspecified atom stereocenters. The molecule has 160 valence electrons. The molecule has 0 saturated heterocycles. The Morgan fingerprint density at radius 3 is 2.84 bits per heavy atom. The third kappa shape index (κ3) is 4.49. The highest BCUT2D eigenvalue weighted by Crippen LogP contribution is 2.26. The van der Waals surface area contributed by atoms with Gasteiger partial charge in [0.1, 0.15) is 18.3 Å². The highest BCUT2D eigenvalue weighted by molar-refractivity contribution is 5.52. The standard InChI is InChI=1S/C23H26N6O2/c30-22-19-14-29(10-8-20(19)27-21(28-22)17-11-24-15-25-12-17)13-16-5-4-9-26-23(16)31-18-6-2-1-3-7-18/h4-5,9,11-12,15,18H,1-3,6-8,10,13-14H2,(H,27,28,30). The summed E-state index contributed by atoms with van der Waals surface area (Å²) >= 11 is 0. The number of pyridine rings is 1. The van der Waals surface area contributed by atoms with Crippen LogP contribution in [0, 0.1) is 0 Å². The van der Waals surface area contributed by atoms with Crippen LogP contribution in [0.2, 0.25) is 0 Å². The van der Waals surface area contributed by atoms with Gasteiger partial charge in [-0.15, -0.1) is 0 Å². The van der Waals surface area contributed by atoms with Crippen molar-refractivity contribution in [2.45, 2.75) is 57.7 Å². The van der Waals surface area contributed by atoms with E-state index in [1.807, 2.05) is 6.07 Å². The normalized spacial score (nSPS) is 17.3. The fourth-order valence-corrected chi connectivity index (χ4v) is 4.41. The van der Waals surface area contributed by atoms with Crippen LogP contribution in [-0.2, 0) is 19.5 Å². The van der Waals surface area contributed by atoms with Crippen molar-refractivity contribution in [2.75, 3.05) is 6.54 Å². The first kappa shape index (κ1) is 19.8. The molecule has 3 aromatic rings. The number of ether oxygens (including phenoxy) is 1. The van der Waals surface area contributed by atoms with Crippen molar-refractivity contribution in [3.05, 3.63) is 64.2 Å². The highest BCUT2D eigenvalue weighted by Gasteiger charge is 2.23. The van der Waals surface area contributed by atoms with Crippen molar-refractivity contribution in [3.8, 4) is 17.3 Å². The third-order valence-corrected chi connectivity index (χ3v) is 6.06. The van der Waals surface area contributed by atoms with Crippen molar-refractivity contribution in [2.24, 2.45) is 0 Å². The Balaban J connectivity index is 1.32. The molecule has 1 aliphatic carbocycles. The van der Waals surface area contributed by atoms with Crippen molar-refractivity contribution < 1.29 is 4.74 Å². The molecule has 0 radical (unpaired) electrons. The van der Waals surface area contributed by atoms with Crippen LogP contribution >= 0.6 is 0 Å². The van der Waals surface area contributed by atoms with Gasteiger partial charge in [0, 0.05) is 50.2 Å². The molecule has 5 rings (SSSR count). The molecule has 8 heteroatoms. The Bertz CT molecular complexity index is 1090. The van der Waals surface area contributed by atoms with Crippen LogP contribution < -0.4 is 10.3 Å². The zero-order valence-corrected chi connectivity index (χ0v) is 17.5. The van der Waals surface area contributed by atoms with Crippen LogP contribution in [0.15, 0.2) is 41.8 Å². The van der Waals surface area contributed by atoms with E-state index in [9.17, 15) is 4.79 Å². The maximum atomic E-state index is 12.8. The number of nitrogens with zero attached hydrogens (tertiary/aromatic N) is 5. The van der Waals surface area contributed by atoms with Crippen LogP contribution in [0.5, 0.6) is 5.88 Å². The maximum Gasteiger partial charge on any atom is 0.255 e. The Kier molecular flexibility index (Phi) is 5.71. The largest absolute Gasteiger partial charge is 0.474 e. The number of aromatic amines is 1. The molecule has 0 spiro atoms. The van der Waals surface area contributed by atoms with Gasteiger partial charge in [0.05, 0.1) is 16.8 Å². The Morgan fingerprint density at radius 1 is 1.16 bits per heavy atom. The zero-order valence-electron chi connectivity index (χ0n) is 17.5. The molecule has 1 saturated carbocycles. The highest BCUT2D eigenvalue weighted by atomic mass is 16.5. The van der Waals surface area contributed by atoms with Gasteiger partial charge in [-0.05, 0) is 31.7 Å². The fraction of sp³-hybridized carbons (Fsp3) is 0.435. The molecule has 8 nitrogen and oxygen atoms in total. The average molecular weight is 419 g/mol. The lowest BCUT2D eigenvalue weighted by molar-refractivity contribution is 0.143. The van der Waals surface area contributed by atoms with E-state index in [4.69, 9.17) is 4.74 Å². The van der Waals surface area contributed by atoms with Gasteiger partial charge in [-0.3, -0.25) is 9.69 Å². The Morgan fingerprint density at radius 2 is 2.00 bits per heavy atom. The summed E-state index contributed by atoms with van der Waals surface area (Å²) in [6, 6.07) is 4.02. The number of rotatable bonds is 5. The maximum absolute atomic E-state index is 12.8. The van der Waals surface area contributed by atoms with Gasteiger partial charge in [0.25, 0.3) is 5.56 Å². The van der Waals surface area contributed by atoms with Crippen LogP contribution in [0.4, 0.5) is 0 Å². The van der Waals surface area contributed by atoms with E-state index in [0.29, 0.717) is 24.5 Å². The monoisotopic (exact) mass is 418 g/mol. The second-order valence-corrected chi connectivity index (χ2v) is 8.27. The summed E-state index contributed by atoms with van der Waals surface area (Å²) in [7, 11) is 0. The molecule has 0 amide bonds. The van der Waals surface area contributed by atoms with E-state index in [1.165, 1.54) is 25.6 Å². The molecule has 4 heterocycles. The van der Waals surface area contributed by atoms with Crippen molar-refractivity contribution in [1.82, 2.24) is 29.8 Å². The molecule has 1 aliphatic heterocycles. The average Bonchev–Trinajstić information content (AvgIpc) is 2.82. The second-order valence-electron chi connectivity index (χ2n) is 8.27. The summed E-state index contributed by atoms with van der Waals surface area (Å²) in [5.41, 5.74) is 3.26. The van der Waals surface area contributed by atoms with Crippen LogP contribution in [0.1, 0.15) is 48.9 Å². The second kappa shape index (κ2) is 8.93. The summed E-state index contributed by atoms with van der Waals surface area (Å²) in [5, 5.41) is 0.